The Bertz CT molecular complexity index is 1130. The monoisotopic (exact) mass is 449 g/mol. The Morgan fingerprint density at radius 1 is 1.18 bits per heavy atom. The van der Waals surface area contributed by atoms with Gasteiger partial charge in [-0.2, -0.15) is 0 Å². The number of ether oxygens (including phenoxy) is 1. The van der Waals surface area contributed by atoms with Gasteiger partial charge in [-0.3, -0.25) is 9.59 Å². The molecular weight excluding hydrogens is 418 g/mol. The maximum Gasteiger partial charge on any atom is 0.271 e. The summed E-state index contributed by atoms with van der Waals surface area (Å²) >= 11 is 0. The summed E-state index contributed by atoms with van der Waals surface area (Å²) in [5, 5.41) is 3.07. The van der Waals surface area contributed by atoms with Crippen LogP contribution in [0.25, 0.3) is 11.5 Å². The number of methoxy groups -OCH3 is 1. The lowest BCUT2D eigenvalue weighted by atomic mass is 9.93. The van der Waals surface area contributed by atoms with Gasteiger partial charge in [0.1, 0.15) is 22.7 Å². The molecule has 1 N–H and O–H groups in total. The fourth-order valence-electron chi connectivity index (χ4n) is 4.28. The summed E-state index contributed by atoms with van der Waals surface area (Å²) in [6, 6.07) is 14.9. The van der Waals surface area contributed by atoms with Gasteiger partial charge >= 0.3 is 0 Å². The molecule has 0 spiro atoms. The fourth-order valence-corrected chi connectivity index (χ4v) is 4.28. The second-order valence-corrected chi connectivity index (χ2v) is 9.12. The Morgan fingerprint density at radius 3 is 2.67 bits per heavy atom. The minimum Gasteiger partial charge on any atom is -0.497 e. The molecule has 7 heteroatoms. The molecule has 0 bridgehead atoms. The summed E-state index contributed by atoms with van der Waals surface area (Å²) in [5.74, 6) is 1.49. The van der Waals surface area contributed by atoms with E-state index in [0.29, 0.717) is 42.8 Å². The van der Waals surface area contributed by atoms with Crippen molar-refractivity contribution in [3.63, 3.8) is 0 Å². The molecule has 1 aliphatic heterocycles. The number of carbonyl (C=O) groups excluding carboxylic acids is 2. The summed E-state index contributed by atoms with van der Waals surface area (Å²) in [4.78, 5) is 28.9. The third-order valence-corrected chi connectivity index (χ3v) is 6.25. The van der Waals surface area contributed by atoms with E-state index in [2.05, 4.69) is 19.2 Å². The van der Waals surface area contributed by atoms with Crippen LogP contribution in [0.3, 0.4) is 0 Å². The van der Waals surface area contributed by atoms with Crippen LogP contribution >= 0.6 is 0 Å². The molecule has 0 aliphatic carbocycles. The number of benzene rings is 1. The quantitative estimate of drug-likeness (QED) is 0.555. The van der Waals surface area contributed by atoms with Crippen molar-refractivity contribution in [1.82, 2.24) is 14.8 Å². The van der Waals surface area contributed by atoms with Gasteiger partial charge in [0, 0.05) is 13.1 Å². The average molecular weight is 450 g/mol. The number of nitrogens with one attached hydrogen (secondary N) is 1. The van der Waals surface area contributed by atoms with Gasteiger partial charge in [0.05, 0.1) is 25.6 Å². The molecular formula is C26H31N3O4. The molecule has 0 fully saturated rings. The summed E-state index contributed by atoms with van der Waals surface area (Å²) in [5.41, 5.74) is 1.14. The largest absolute Gasteiger partial charge is 0.497 e. The summed E-state index contributed by atoms with van der Waals surface area (Å²) < 4.78 is 12.8. The van der Waals surface area contributed by atoms with Crippen LogP contribution in [0.2, 0.25) is 0 Å². The molecule has 4 rings (SSSR count). The molecule has 1 unspecified atom stereocenters. The minimum absolute atomic E-state index is 0.163. The number of carbonyl (C=O) groups is 2. The highest BCUT2D eigenvalue weighted by molar-refractivity contribution is 6.00. The van der Waals surface area contributed by atoms with E-state index >= 15 is 0 Å². The van der Waals surface area contributed by atoms with Gasteiger partial charge in [-0.25, -0.2) is 0 Å². The van der Waals surface area contributed by atoms with Gasteiger partial charge in [0.15, 0.2) is 0 Å². The Morgan fingerprint density at radius 2 is 1.97 bits per heavy atom. The third kappa shape index (κ3) is 4.40. The van der Waals surface area contributed by atoms with E-state index in [1.165, 1.54) is 0 Å². The fraction of sp³-hybridized carbons (Fsp3) is 0.385. The highest BCUT2D eigenvalue weighted by Crippen LogP contribution is 2.34. The normalized spacial score (nSPS) is 17.8. The smallest absolute Gasteiger partial charge is 0.271 e. The Hall–Kier alpha value is -3.48. The van der Waals surface area contributed by atoms with Crippen molar-refractivity contribution in [1.29, 1.82) is 0 Å². The van der Waals surface area contributed by atoms with E-state index in [4.69, 9.17) is 9.15 Å². The van der Waals surface area contributed by atoms with Crippen LogP contribution in [0.15, 0.2) is 59.2 Å². The molecule has 2 aromatic heterocycles. The summed E-state index contributed by atoms with van der Waals surface area (Å²) in [6.07, 6.45) is 2.48. The first-order valence-corrected chi connectivity index (χ1v) is 11.3. The van der Waals surface area contributed by atoms with Gasteiger partial charge in [0.2, 0.25) is 5.91 Å². The zero-order chi connectivity index (χ0) is 23.6. The molecule has 0 saturated heterocycles. The molecule has 1 aliphatic rings. The SMILES string of the molecule is COc1cccc(CN2C(=O)c3ccc(-c4ccco4)n3CC2(C)C(=O)NCCC(C)C)c1. The zero-order valence-electron chi connectivity index (χ0n) is 19.6. The van der Waals surface area contributed by atoms with Gasteiger partial charge in [0.25, 0.3) is 5.91 Å². The number of aromatic nitrogens is 1. The van der Waals surface area contributed by atoms with Crippen molar-refractivity contribution in [2.24, 2.45) is 5.92 Å². The molecule has 0 saturated carbocycles. The maximum absolute atomic E-state index is 13.7. The Labute approximate surface area is 194 Å². The predicted octanol–water partition coefficient (Wildman–Crippen LogP) is 4.33. The first-order valence-electron chi connectivity index (χ1n) is 11.3. The lowest BCUT2D eigenvalue weighted by molar-refractivity contribution is -0.133. The molecule has 3 aromatic rings. The van der Waals surface area contributed by atoms with E-state index in [1.54, 1.807) is 24.3 Å². The van der Waals surface area contributed by atoms with E-state index in [-0.39, 0.29) is 11.8 Å². The molecule has 3 heterocycles. The molecule has 0 radical (unpaired) electrons. The Balaban J connectivity index is 1.72. The number of hydrogen-bond acceptors (Lipinski definition) is 4. The molecule has 1 atom stereocenters. The van der Waals surface area contributed by atoms with E-state index in [9.17, 15) is 9.59 Å². The lowest BCUT2D eigenvalue weighted by Gasteiger charge is -2.44. The lowest BCUT2D eigenvalue weighted by Crippen LogP contribution is -2.63. The first kappa shape index (κ1) is 22.7. The molecule has 7 nitrogen and oxygen atoms in total. The molecule has 1 aromatic carbocycles. The first-order chi connectivity index (χ1) is 15.8. The molecule has 174 valence electrons. The number of amides is 2. The van der Waals surface area contributed by atoms with E-state index < -0.39 is 5.54 Å². The van der Waals surface area contributed by atoms with Crippen molar-refractivity contribution >= 4 is 11.8 Å². The average Bonchev–Trinajstić information content (AvgIpc) is 3.46. The van der Waals surface area contributed by atoms with Crippen LogP contribution in [0.5, 0.6) is 5.75 Å². The van der Waals surface area contributed by atoms with Crippen LogP contribution in [0.1, 0.15) is 43.2 Å². The van der Waals surface area contributed by atoms with Crippen LogP contribution in [-0.4, -0.2) is 40.5 Å². The number of fused-ring (bicyclic) bond motifs is 1. The highest BCUT2D eigenvalue weighted by Gasteiger charge is 2.47. The number of rotatable bonds is 8. The van der Waals surface area contributed by atoms with Crippen LogP contribution in [0, 0.1) is 5.92 Å². The number of furan rings is 1. The van der Waals surface area contributed by atoms with Crippen molar-refractivity contribution < 1.29 is 18.7 Å². The second-order valence-electron chi connectivity index (χ2n) is 9.12. The van der Waals surface area contributed by atoms with Crippen molar-refractivity contribution in [2.45, 2.75) is 45.8 Å². The number of nitrogens with zero attached hydrogens (tertiary/aromatic N) is 2. The van der Waals surface area contributed by atoms with E-state index in [0.717, 1.165) is 17.7 Å². The highest BCUT2D eigenvalue weighted by atomic mass is 16.5. The zero-order valence-corrected chi connectivity index (χ0v) is 19.6. The van der Waals surface area contributed by atoms with Crippen LogP contribution in [-0.2, 0) is 17.9 Å². The van der Waals surface area contributed by atoms with Gasteiger partial charge in [-0.15, -0.1) is 0 Å². The van der Waals surface area contributed by atoms with Gasteiger partial charge < -0.3 is 23.9 Å². The predicted molar refractivity (Wildman–Crippen MR) is 126 cm³/mol. The summed E-state index contributed by atoms with van der Waals surface area (Å²) in [7, 11) is 1.61. The molecule has 2 amide bonds. The summed E-state index contributed by atoms with van der Waals surface area (Å²) in [6.45, 7) is 7.27. The Kier molecular flexibility index (Phi) is 6.31. The van der Waals surface area contributed by atoms with Gasteiger partial charge in [-0.1, -0.05) is 26.0 Å². The standard InChI is InChI=1S/C26H31N3O4/c1-18(2)12-13-27-25(31)26(3)17-28-21(23-9-6-14-33-23)10-11-22(28)24(30)29(26)16-19-7-5-8-20(15-19)32-4/h5-11,14-15,18H,12-13,16-17H2,1-4H3,(H,27,31). The van der Waals surface area contributed by atoms with E-state index in [1.807, 2.05) is 54.0 Å². The number of hydrogen-bond donors (Lipinski definition) is 1. The minimum atomic E-state index is -1.08. The topological polar surface area (TPSA) is 76.7 Å². The van der Waals surface area contributed by atoms with Crippen LogP contribution in [0.4, 0.5) is 0 Å². The molecule has 33 heavy (non-hydrogen) atoms. The second kappa shape index (κ2) is 9.17. The van der Waals surface area contributed by atoms with Crippen molar-refractivity contribution in [3.05, 3.63) is 66.1 Å². The van der Waals surface area contributed by atoms with Crippen molar-refractivity contribution in [3.8, 4) is 17.2 Å². The van der Waals surface area contributed by atoms with Crippen molar-refractivity contribution in [2.75, 3.05) is 13.7 Å². The van der Waals surface area contributed by atoms with Gasteiger partial charge in [-0.05, 0) is 61.2 Å². The third-order valence-electron chi connectivity index (χ3n) is 6.25. The van der Waals surface area contributed by atoms with Crippen LogP contribution < -0.4 is 10.1 Å². The maximum atomic E-state index is 13.7.